The number of carboxylic acid groups (broad SMARTS) is 1. The molecule has 19 heavy (non-hydrogen) atoms. The molecule has 0 spiro atoms. The zero-order valence-corrected chi connectivity index (χ0v) is 12.3. The van der Waals surface area contributed by atoms with Crippen molar-refractivity contribution in [1.82, 2.24) is 0 Å². The van der Waals surface area contributed by atoms with Crippen LogP contribution in [-0.2, 0) is 0 Å². The molecule has 1 fully saturated rings. The SMILES string of the molecule is CC1CCC(Nc2ccc(C(=O)O)c(Br)c2F)CC1. The number of hydrogen-bond donors (Lipinski definition) is 2. The average Bonchev–Trinajstić information content (AvgIpc) is 2.37. The molecular weight excluding hydrogens is 313 g/mol. The number of hydrogen-bond acceptors (Lipinski definition) is 2. The lowest BCUT2D eigenvalue weighted by Gasteiger charge is -2.28. The molecule has 5 heteroatoms. The summed E-state index contributed by atoms with van der Waals surface area (Å²) in [6.07, 6.45) is 4.35. The lowest BCUT2D eigenvalue weighted by molar-refractivity contribution is 0.0695. The Morgan fingerprint density at radius 3 is 2.58 bits per heavy atom. The van der Waals surface area contributed by atoms with Gasteiger partial charge in [-0.1, -0.05) is 6.92 Å². The van der Waals surface area contributed by atoms with Gasteiger partial charge in [0, 0.05) is 6.04 Å². The van der Waals surface area contributed by atoms with Crippen molar-refractivity contribution in [2.45, 2.75) is 38.6 Å². The Morgan fingerprint density at radius 2 is 2.00 bits per heavy atom. The van der Waals surface area contributed by atoms with E-state index in [0.29, 0.717) is 5.69 Å². The number of aromatic carboxylic acids is 1. The highest BCUT2D eigenvalue weighted by Crippen LogP contribution is 2.30. The lowest BCUT2D eigenvalue weighted by atomic mass is 9.87. The van der Waals surface area contributed by atoms with Gasteiger partial charge in [0.2, 0.25) is 0 Å². The molecule has 1 aromatic carbocycles. The third kappa shape index (κ3) is 3.26. The van der Waals surface area contributed by atoms with Crippen LogP contribution in [0.4, 0.5) is 10.1 Å². The molecule has 1 aliphatic carbocycles. The number of anilines is 1. The fraction of sp³-hybridized carbons (Fsp3) is 0.500. The summed E-state index contributed by atoms with van der Waals surface area (Å²) in [4.78, 5) is 10.9. The number of rotatable bonds is 3. The van der Waals surface area contributed by atoms with Crippen LogP contribution in [0.15, 0.2) is 16.6 Å². The van der Waals surface area contributed by atoms with E-state index in [-0.39, 0.29) is 16.1 Å². The minimum Gasteiger partial charge on any atom is -0.478 e. The van der Waals surface area contributed by atoms with E-state index in [1.807, 2.05) is 0 Å². The predicted octanol–water partition coefficient (Wildman–Crippen LogP) is 4.28. The van der Waals surface area contributed by atoms with Gasteiger partial charge < -0.3 is 10.4 Å². The van der Waals surface area contributed by atoms with Gasteiger partial charge in [-0.05, 0) is 59.7 Å². The highest BCUT2D eigenvalue weighted by molar-refractivity contribution is 9.10. The number of nitrogens with one attached hydrogen (secondary N) is 1. The van der Waals surface area contributed by atoms with Crippen LogP contribution in [0.1, 0.15) is 43.0 Å². The molecule has 1 aromatic rings. The Kier molecular flexibility index (Phi) is 4.45. The Labute approximate surface area is 120 Å². The van der Waals surface area contributed by atoms with Crippen molar-refractivity contribution in [1.29, 1.82) is 0 Å². The molecule has 0 radical (unpaired) electrons. The predicted molar refractivity (Wildman–Crippen MR) is 76.1 cm³/mol. The molecular formula is C14H17BrFNO2. The van der Waals surface area contributed by atoms with Crippen LogP contribution >= 0.6 is 15.9 Å². The summed E-state index contributed by atoms with van der Waals surface area (Å²) < 4.78 is 14.1. The van der Waals surface area contributed by atoms with Crippen LogP contribution < -0.4 is 5.32 Å². The summed E-state index contributed by atoms with van der Waals surface area (Å²) in [5, 5.41) is 12.1. The smallest absolute Gasteiger partial charge is 0.336 e. The van der Waals surface area contributed by atoms with Gasteiger partial charge in [0.1, 0.15) is 0 Å². The molecule has 1 aliphatic rings. The lowest BCUT2D eigenvalue weighted by Crippen LogP contribution is -2.25. The quantitative estimate of drug-likeness (QED) is 0.870. The molecule has 0 aromatic heterocycles. The first-order valence-corrected chi connectivity index (χ1v) is 7.26. The molecule has 0 heterocycles. The van der Waals surface area contributed by atoms with E-state index < -0.39 is 11.8 Å². The molecule has 0 aliphatic heterocycles. The van der Waals surface area contributed by atoms with E-state index >= 15 is 0 Å². The van der Waals surface area contributed by atoms with Crippen LogP contribution in [-0.4, -0.2) is 17.1 Å². The number of carboxylic acids is 1. The third-order valence-corrected chi connectivity index (χ3v) is 4.46. The molecule has 104 valence electrons. The van der Waals surface area contributed by atoms with Gasteiger partial charge in [0.25, 0.3) is 0 Å². The first-order valence-electron chi connectivity index (χ1n) is 6.47. The van der Waals surface area contributed by atoms with Crippen molar-refractivity contribution < 1.29 is 14.3 Å². The largest absolute Gasteiger partial charge is 0.478 e. The normalized spacial score (nSPS) is 23.1. The first kappa shape index (κ1) is 14.3. The summed E-state index contributed by atoms with van der Waals surface area (Å²) in [7, 11) is 0. The Hall–Kier alpha value is -1.10. The second kappa shape index (κ2) is 5.90. The van der Waals surface area contributed by atoms with Gasteiger partial charge >= 0.3 is 5.97 Å². The van der Waals surface area contributed by atoms with Gasteiger partial charge in [-0.25, -0.2) is 9.18 Å². The maximum atomic E-state index is 14.1. The minimum atomic E-state index is -1.14. The standard InChI is InChI=1S/C14H17BrFNO2/c1-8-2-4-9(5-3-8)17-11-7-6-10(14(18)19)12(15)13(11)16/h6-9,17H,2-5H2,1H3,(H,18,19). The molecule has 1 saturated carbocycles. The van der Waals surface area contributed by atoms with Gasteiger partial charge in [-0.3, -0.25) is 0 Å². The maximum absolute atomic E-state index is 14.1. The van der Waals surface area contributed by atoms with E-state index in [0.717, 1.165) is 31.6 Å². The van der Waals surface area contributed by atoms with E-state index in [9.17, 15) is 9.18 Å². The highest BCUT2D eigenvalue weighted by atomic mass is 79.9. The van der Waals surface area contributed by atoms with Crippen LogP contribution in [0.3, 0.4) is 0 Å². The van der Waals surface area contributed by atoms with E-state index in [2.05, 4.69) is 28.2 Å². The highest BCUT2D eigenvalue weighted by Gasteiger charge is 2.21. The first-order chi connectivity index (χ1) is 8.99. The van der Waals surface area contributed by atoms with Crippen molar-refractivity contribution in [3.05, 3.63) is 28.0 Å². The van der Waals surface area contributed by atoms with Crippen LogP contribution in [0.2, 0.25) is 0 Å². The monoisotopic (exact) mass is 329 g/mol. The second-order valence-electron chi connectivity index (χ2n) is 5.19. The van der Waals surface area contributed by atoms with E-state index in [4.69, 9.17) is 5.11 Å². The van der Waals surface area contributed by atoms with E-state index in [1.54, 1.807) is 0 Å². The van der Waals surface area contributed by atoms with Crippen molar-refractivity contribution in [2.75, 3.05) is 5.32 Å². The Morgan fingerprint density at radius 1 is 1.37 bits per heavy atom. The molecule has 0 saturated heterocycles. The molecule has 0 atom stereocenters. The fourth-order valence-corrected chi connectivity index (χ4v) is 2.97. The molecule has 2 N–H and O–H groups in total. The number of benzene rings is 1. The Bertz CT molecular complexity index is 485. The van der Waals surface area contributed by atoms with Gasteiger partial charge in [0.15, 0.2) is 5.82 Å². The van der Waals surface area contributed by atoms with Crippen molar-refractivity contribution in [2.24, 2.45) is 5.92 Å². The minimum absolute atomic E-state index is 0.00850. The van der Waals surface area contributed by atoms with Crippen LogP contribution in [0.5, 0.6) is 0 Å². The summed E-state index contributed by atoms with van der Waals surface area (Å²) in [6, 6.07) is 3.19. The maximum Gasteiger partial charge on any atom is 0.336 e. The van der Waals surface area contributed by atoms with Crippen LogP contribution in [0.25, 0.3) is 0 Å². The summed E-state index contributed by atoms with van der Waals surface area (Å²) in [5.74, 6) is -0.925. The Balaban J connectivity index is 2.13. The van der Waals surface area contributed by atoms with E-state index in [1.165, 1.54) is 12.1 Å². The second-order valence-corrected chi connectivity index (χ2v) is 5.99. The van der Waals surface area contributed by atoms with Crippen molar-refractivity contribution in [3.8, 4) is 0 Å². The zero-order valence-electron chi connectivity index (χ0n) is 10.7. The molecule has 0 amide bonds. The zero-order chi connectivity index (χ0) is 14.0. The number of halogens is 2. The molecule has 2 rings (SSSR count). The van der Waals surface area contributed by atoms with Gasteiger partial charge in [-0.2, -0.15) is 0 Å². The molecule has 0 unspecified atom stereocenters. The van der Waals surface area contributed by atoms with Crippen molar-refractivity contribution >= 4 is 27.6 Å². The van der Waals surface area contributed by atoms with Crippen molar-refractivity contribution in [3.63, 3.8) is 0 Å². The molecule has 0 bridgehead atoms. The summed E-state index contributed by atoms with van der Waals surface area (Å²) >= 11 is 3.01. The van der Waals surface area contributed by atoms with Gasteiger partial charge in [-0.15, -0.1) is 0 Å². The van der Waals surface area contributed by atoms with Crippen LogP contribution in [0, 0.1) is 11.7 Å². The third-order valence-electron chi connectivity index (χ3n) is 3.69. The average molecular weight is 330 g/mol. The summed E-state index contributed by atoms with van der Waals surface area (Å²) in [5.41, 5.74) is 0.316. The fourth-order valence-electron chi connectivity index (χ4n) is 2.45. The van der Waals surface area contributed by atoms with Gasteiger partial charge in [0.05, 0.1) is 15.7 Å². The molecule has 3 nitrogen and oxygen atoms in total. The topological polar surface area (TPSA) is 49.3 Å². The number of carbonyl (C=O) groups is 1. The summed E-state index contributed by atoms with van der Waals surface area (Å²) in [6.45, 7) is 2.23.